The predicted molar refractivity (Wildman–Crippen MR) is 102 cm³/mol. The Balaban J connectivity index is 1.83. The van der Waals surface area contributed by atoms with Crippen molar-refractivity contribution in [1.29, 1.82) is 0 Å². The summed E-state index contributed by atoms with van der Waals surface area (Å²) in [6, 6.07) is 24.5. The van der Waals surface area contributed by atoms with E-state index in [9.17, 15) is 4.79 Å². The van der Waals surface area contributed by atoms with E-state index in [-0.39, 0.29) is 0 Å². The largest absolute Gasteiger partial charge is 0.489 e. The maximum atomic E-state index is 10.5. The Bertz CT molecular complexity index is 880. The van der Waals surface area contributed by atoms with E-state index in [1.54, 1.807) is 6.08 Å². The number of aldehydes is 1. The average molecular weight is 328 g/mol. The molecule has 0 N–H and O–H groups in total. The van der Waals surface area contributed by atoms with Gasteiger partial charge in [-0.2, -0.15) is 0 Å². The van der Waals surface area contributed by atoms with Crippen LogP contribution in [0.1, 0.15) is 16.7 Å². The monoisotopic (exact) mass is 328 g/mol. The van der Waals surface area contributed by atoms with Crippen LogP contribution in [0.5, 0.6) is 5.75 Å². The number of hydrogen-bond acceptors (Lipinski definition) is 2. The molecular weight excluding hydrogens is 308 g/mol. The summed E-state index contributed by atoms with van der Waals surface area (Å²) in [5.74, 6) is 0.884. The van der Waals surface area contributed by atoms with Crippen molar-refractivity contribution in [3.63, 3.8) is 0 Å². The fraction of sp³-hybridized carbons (Fsp3) is 0.0870. The van der Waals surface area contributed by atoms with Gasteiger partial charge in [0.05, 0.1) is 0 Å². The second kappa shape index (κ2) is 8.11. The lowest BCUT2D eigenvalue weighted by Gasteiger charge is -2.12. The van der Waals surface area contributed by atoms with Crippen molar-refractivity contribution in [2.45, 2.75) is 13.5 Å². The van der Waals surface area contributed by atoms with E-state index in [1.807, 2.05) is 37.3 Å². The Morgan fingerprint density at radius 1 is 0.880 bits per heavy atom. The van der Waals surface area contributed by atoms with Crippen LogP contribution in [0.25, 0.3) is 17.2 Å². The van der Waals surface area contributed by atoms with Crippen molar-refractivity contribution in [2.75, 3.05) is 0 Å². The summed E-state index contributed by atoms with van der Waals surface area (Å²) in [4.78, 5) is 10.5. The van der Waals surface area contributed by atoms with Crippen LogP contribution in [0.15, 0.2) is 78.9 Å². The first-order chi connectivity index (χ1) is 12.3. The highest BCUT2D eigenvalue weighted by molar-refractivity contribution is 5.76. The molecule has 0 amide bonds. The SMILES string of the molecule is Cc1ccc(-c2cccc(C=CC=O)c2)cc1OCc1ccccc1. The fourth-order valence-corrected chi connectivity index (χ4v) is 2.64. The molecule has 2 heteroatoms. The van der Waals surface area contributed by atoms with Crippen molar-refractivity contribution in [3.05, 3.63) is 95.6 Å². The predicted octanol–water partition coefficient (Wildman–Crippen LogP) is 5.45. The molecule has 0 bridgehead atoms. The molecule has 3 aromatic rings. The lowest BCUT2D eigenvalue weighted by Crippen LogP contribution is -1.97. The van der Waals surface area contributed by atoms with Gasteiger partial charge in [0, 0.05) is 0 Å². The van der Waals surface area contributed by atoms with E-state index < -0.39 is 0 Å². The molecule has 0 aliphatic heterocycles. The molecule has 3 rings (SSSR count). The van der Waals surface area contributed by atoms with Crippen molar-refractivity contribution >= 4 is 12.4 Å². The third-order valence-corrected chi connectivity index (χ3v) is 4.01. The molecule has 0 spiro atoms. The van der Waals surface area contributed by atoms with E-state index in [0.717, 1.165) is 39.9 Å². The lowest BCUT2D eigenvalue weighted by molar-refractivity contribution is -0.104. The van der Waals surface area contributed by atoms with Gasteiger partial charge in [0.15, 0.2) is 0 Å². The third kappa shape index (κ3) is 4.45. The molecule has 2 nitrogen and oxygen atoms in total. The van der Waals surface area contributed by atoms with E-state index >= 15 is 0 Å². The number of aryl methyl sites for hydroxylation is 1. The van der Waals surface area contributed by atoms with Crippen LogP contribution in [0, 0.1) is 6.92 Å². The lowest BCUT2D eigenvalue weighted by atomic mass is 10.0. The summed E-state index contributed by atoms with van der Waals surface area (Å²) in [5, 5.41) is 0. The van der Waals surface area contributed by atoms with Gasteiger partial charge in [-0.05, 0) is 52.9 Å². The van der Waals surface area contributed by atoms with E-state index in [4.69, 9.17) is 4.74 Å². The van der Waals surface area contributed by atoms with Crippen LogP contribution in [0.3, 0.4) is 0 Å². The maximum absolute atomic E-state index is 10.5. The van der Waals surface area contributed by atoms with Crippen molar-refractivity contribution in [2.24, 2.45) is 0 Å². The zero-order valence-electron chi connectivity index (χ0n) is 14.2. The van der Waals surface area contributed by atoms with Crippen LogP contribution in [0.2, 0.25) is 0 Å². The Morgan fingerprint density at radius 3 is 2.48 bits per heavy atom. The zero-order valence-corrected chi connectivity index (χ0v) is 14.2. The number of allylic oxidation sites excluding steroid dienone is 1. The number of rotatable bonds is 6. The molecular formula is C23H20O2. The number of benzene rings is 3. The minimum absolute atomic E-state index is 0.549. The average Bonchev–Trinajstić information content (AvgIpc) is 2.67. The highest BCUT2D eigenvalue weighted by atomic mass is 16.5. The molecule has 0 fully saturated rings. The molecule has 0 atom stereocenters. The molecule has 0 aromatic heterocycles. The second-order valence-corrected chi connectivity index (χ2v) is 5.88. The molecule has 25 heavy (non-hydrogen) atoms. The topological polar surface area (TPSA) is 26.3 Å². The quantitative estimate of drug-likeness (QED) is 0.444. The summed E-state index contributed by atoms with van der Waals surface area (Å²) in [6.45, 7) is 2.60. The molecule has 0 aliphatic carbocycles. The third-order valence-electron chi connectivity index (χ3n) is 4.01. The Hall–Kier alpha value is -3.13. The van der Waals surface area contributed by atoms with Crippen LogP contribution >= 0.6 is 0 Å². The summed E-state index contributed by atoms with van der Waals surface area (Å²) in [6.07, 6.45) is 4.09. The van der Waals surface area contributed by atoms with Gasteiger partial charge in [0.1, 0.15) is 18.6 Å². The standard InChI is InChI=1S/C23H20O2/c1-18-12-13-22(21-11-5-9-19(15-21)10-6-14-24)16-23(18)25-17-20-7-3-2-4-8-20/h2-16H,17H2,1H3. The zero-order chi connectivity index (χ0) is 17.5. The van der Waals surface area contributed by atoms with Crippen LogP contribution in [-0.4, -0.2) is 6.29 Å². The molecule has 0 radical (unpaired) electrons. The van der Waals surface area contributed by atoms with E-state index in [1.165, 1.54) is 6.08 Å². The molecule has 124 valence electrons. The van der Waals surface area contributed by atoms with Gasteiger partial charge in [-0.3, -0.25) is 4.79 Å². The van der Waals surface area contributed by atoms with Crippen LogP contribution in [-0.2, 0) is 11.4 Å². The first-order valence-corrected chi connectivity index (χ1v) is 8.26. The first kappa shape index (κ1) is 16.7. The minimum Gasteiger partial charge on any atom is -0.489 e. The van der Waals surface area contributed by atoms with Crippen molar-refractivity contribution < 1.29 is 9.53 Å². The van der Waals surface area contributed by atoms with Gasteiger partial charge >= 0.3 is 0 Å². The molecule has 3 aromatic carbocycles. The van der Waals surface area contributed by atoms with Gasteiger partial charge in [-0.25, -0.2) is 0 Å². The molecule has 0 unspecified atom stereocenters. The van der Waals surface area contributed by atoms with Gasteiger partial charge in [0.2, 0.25) is 0 Å². The summed E-state index contributed by atoms with van der Waals surface area (Å²) >= 11 is 0. The van der Waals surface area contributed by atoms with Crippen LogP contribution in [0.4, 0.5) is 0 Å². The molecule has 0 saturated carbocycles. The smallest absolute Gasteiger partial charge is 0.142 e. The Morgan fingerprint density at radius 2 is 1.68 bits per heavy atom. The highest BCUT2D eigenvalue weighted by Crippen LogP contribution is 2.28. The van der Waals surface area contributed by atoms with Gasteiger partial charge in [0.25, 0.3) is 0 Å². The Labute approximate surface area is 148 Å². The number of carbonyl (C=O) groups excluding carboxylic acids is 1. The number of carbonyl (C=O) groups is 1. The van der Waals surface area contributed by atoms with E-state index in [2.05, 4.69) is 42.5 Å². The molecule has 0 aliphatic rings. The van der Waals surface area contributed by atoms with Crippen molar-refractivity contribution in [1.82, 2.24) is 0 Å². The summed E-state index contributed by atoms with van der Waals surface area (Å²) in [7, 11) is 0. The second-order valence-electron chi connectivity index (χ2n) is 5.88. The molecule has 0 saturated heterocycles. The number of ether oxygens (including phenoxy) is 1. The fourth-order valence-electron chi connectivity index (χ4n) is 2.64. The van der Waals surface area contributed by atoms with Crippen LogP contribution < -0.4 is 4.74 Å². The minimum atomic E-state index is 0.549. The summed E-state index contributed by atoms with van der Waals surface area (Å²) < 4.78 is 6.02. The highest BCUT2D eigenvalue weighted by Gasteiger charge is 2.05. The summed E-state index contributed by atoms with van der Waals surface area (Å²) in [5.41, 5.74) is 5.44. The Kier molecular flexibility index (Phi) is 5.43. The van der Waals surface area contributed by atoms with Gasteiger partial charge in [-0.15, -0.1) is 0 Å². The van der Waals surface area contributed by atoms with Gasteiger partial charge in [-0.1, -0.05) is 66.7 Å². The van der Waals surface area contributed by atoms with E-state index in [0.29, 0.717) is 6.61 Å². The van der Waals surface area contributed by atoms with Crippen molar-refractivity contribution in [3.8, 4) is 16.9 Å². The van der Waals surface area contributed by atoms with Gasteiger partial charge < -0.3 is 4.74 Å². The molecule has 0 heterocycles. The normalized spacial score (nSPS) is 10.8. The first-order valence-electron chi connectivity index (χ1n) is 8.26. The number of hydrogen-bond donors (Lipinski definition) is 0. The maximum Gasteiger partial charge on any atom is 0.142 e.